The fourth-order valence-electron chi connectivity index (χ4n) is 2.61. The Morgan fingerprint density at radius 1 is 1.16 bits per heavy atom. The molecule has 5 nitrogen and oxygen atoms in total. The molecule has 0 aromatic rings. The van der Waals surface area contributed by atoms with Gasteiger partial charge in [0, 0.05) is 19.0 Å². The maximum atomic E-state index is 11.8. The summed E-state index contributed by atoms with van der Waals surface area (Å²) < 4.78 is 0. The number of unbranched alkanes of at least 4 members (excludes halogenated alkanes) is 2. The zero-order chi connectivity index (χ0) is 14.1. The van der Waals surface area contributed by atoms with Crippen LogP contribution >= 0.6 is 0 Å². The molecule has 0 spiro atoms. The third-order valence-electron chi connectivity index (χ3n) is 3.84. The molecule has 0 aromatic carbocycles. The average molecular weight is 269 g/mol. The largest absolute Gasteiger partial charge is 0.353 e. The predicted octanol–water partition coefficient (Wildman–Crippen LogP) is 1.91. The summed E-state index contributed by atoms with van der Waals surface area (Å²) in [5.74, 6) is 0.777. The molecule has 2 atom stereocenters. The number of carbonyl (C=O) groups excluding carboxylic acids is 2. The molecule has 4 N–H and O–H groups in total. The van der Waals surface area contributed by atoms with Gasteiger partial charge in [-0.1, -0.05) is 26.2 Å². The van der Waals surface area contributed by atoms with E-state index in [1.165, 1.54) is 19.3 Å². The first kappa shape index (κ1) is 15.8. The first-order valence-corrected chi connectivity index (χ1v) is 7.42. The van der Waals surface area contributed by atoms with Crippen LogP contribution in [0.5, 0.6) is 0 Å². The van der Waals surface area contributed by atoms with Crippen LogP contribution in [0.4, 0.5) is 4.79 Å². The molecule has 1 aliphatic carbocycles. The van der Waals surface area contributed by atoms with E-state index < -0.39 is 6.03 Å². The Bertz CT molecular complexity index is 294. The molecule has 1 aliphatic rings. The fraction of sp³-hybridized carbons (Fsp3) is 0.857. The van der Waals surface area contributed by atoms with Gasteiger partial charge in [0.2, 0.25) is 5.91 Å². The van der Waals surface area contributed by atoms with E-state index in [0.29, 0.717) is 24.9 Å². The van der Waals surface area contributed by atoms with Crippen molar-refractivity contribution >= 4 is 11.9 Å². The highest BCUT2D eigenvalue weighted by atomic mass is 16.2. The number of hydrogen-bond acceptors (Lipinski definition) is 2. The number of carbonyl (C=O) groups is 2. The summed E-state index contributed by atoms with van der Waals surface area (Å²) in [4.78, 5) is 22.2. The number of amides is 3. The second-order valence-electron chi connectivity index (χ2n) is 5.54. The molecule has 19 heavy (non-hydrogen) atoms. The van der Waals surface area contributed by atoms with Crippen LogP contribution in [0.25, 0.3) is 0 Å². The van der Waals surface area contributed by atoms with Gasteiger partial charge in [-0.05, 0) is 31.6 Å². The van der Waals surface area contributed by atoms with Gasteiger partial charge in [-0.3, -0.25) is 4.79 Å². The summed E-state index contributed by atoms with van der Waals surface area (Å²) in [7, 11) is 0. The van der Waals surface area contributed by atoms with Gasteiger partial charge in [0.25, 0.3) is 0 Å². The van der Waals surface area contributed by atoms with E-state index in [4.69, 9.17) is 5.73 Å². The Labute approximate surface area is 115 Å². The molecule has 1 saturated carbocycles. The van der Waals surface area contributed by atoms with Crippen LogP contribution in [0.3, 0.4) is 0 Å². The lowest BCUT2D eigenvalue weighted by molar-refractivity contribution is -0.122. The minimum atomic E-state index is -0.482. The van der Waals surface area contributed by atoms with Crippen molar-refractivity contribution in [3.63, 3.8) is 0 Å². The quantitative estimate of drug-likeness (QED) is 0.617. The van der Waals surface area contributed by atoms with Crippen LogP contribution in [-0.4, -0.2) is 24.5 Å². The number of rotatable bonds is 7. The lowest BCUT2D eigenvalue weighted by atomic mass is 9.86. The van der Waals surface area contributed by atoms with Crippen molar-refractivity contribution in [3.8, 4) is 0 Å². The first-order valence-electron chi connectivity index (χ1n) is 7.42. The topological polar surface area (TPSA) is 84.2 Å². The molecule has 3 amide bonds. The summed E-state index contributed by atoms with van der Waals surface area (Å²) in [6, 6.07) is -0.109. The van der Waals surface area contributed by atoms with E-state index in [0.717, 1.165) is 25.7 Å². The Kier molecular flexibility index (Phi) is 7.30. The monoisotopic (exact) mass is 269 g/mol. The van der Waals surface area contributed by atoms with Crippen LogP contribution in [-0.2, 0) is 4.79 Å². The molecule has 0 saturated heterocycles. The molecule has 0 aliphatic heterocycles. The lowest BCUT2D eigenvalue weighted by Crippen LogP contribution is -2.40. The molecule has 0 aromatic heterocycles. The molecule has 1 fully saturated rings. The van der Waals surface area contributed by atoms with E-state index in [1.54, 1.807) is 0 Å². The molecule has 0 bridgehead atoms. The zero-order valence-electron chi connectivity index (χ0n) is 11.9. The summed E-state index contributed by atoms with van der Waals surface area (Å²) >= 11 is 0. The highest BCUT2D eigenvalue weighted by Gasteiger charge is 2.22. The van der Waals surface area contributed by atoms with Gasteiger partial charge in [0.1, 0.15) is 0 Å². The van der Waals surface area contributed by atoms with Gasteiger partial charge in [-0.15, -0.1) is 0 Å². The number of urea groups is 1. The van der Waals surface area contributed by atoms with E-state index in [-0.39, 0.29) is 5.91 Å². The smallest absolute Gasteiger partial charge is 0.312 e. The zero-order valence-corrected chi connectivity index (χ0v) is 11.9. The molecular weight excluding hydrogens is 242 g/mol. The van der Waals surface area contributed by atoms with Crippen LogP contribution in [0.1, 0.15) is 58.3 Å². The van der Waals surface area contributed by atoms with Crippen molar-refractivity contribution in [1.82, 2.24) is 10.6 Å². The standard InChI is InChI=1S/C14H27N3O2/c1-11-7-4-5-8-12(11)17-13(18)9-3-2-6-10-16-14(15)19/h11-12H,2-10H2,1H3,(H,17,18)(H3,15,16,19)/t11-,12-/m1/s1. The number of nitrogens with two attached hydrogens (primary N) is 1. The van der Waals surface area contributed by atoms with Crippen molar-refractivity contribution in [2.75, 3.05) is 6.54 Å². The van der Waals surface area contributed by atoms with E-state index in [1.807, 2.05) is 0 Å². The van der Waals surface area contributed by atoms with Crippen LogP contribution < -0.4 is 16.4 Å². The first-order chi connectivity index (χ1) is 9.09. The minimum absolute atomic E-state index is 0.168. The maximum Gasteiger partial charge on any atom is 0.312 e. The fourth-order valence-corrected chi connectivity index (χ4v) is 2.61. The third-order valence-corrected chi connectivity index (χ3v) is 3.84. The molecule has 110 valence electrons. The number of hydrogen-bond donors (Lipinski definition) is 3. The second kappa shape index (κ2) is 8.77. The Hall–Kier alpha value is -1.26. The molecular formula is C14H27N3O2. The van der Waals surface area contributed by atoms with E-state index in [2.05, 4.69) is 17.6 Å². The molecule has 5 heteroatoms. The molecule has 0 radical (unpaired) electrons. The highest BCUT2D eigenvalue weighted by molar-refractivity contribution is 5.76. The van der Waals surface area contributed by atoms with Crippen molar-refractivity contribution in [2.45, 2.75) is 64.3 Å². The van der Waals surface area contributed by atoms with Gasteiger partial charge in [0.05, 0.1) is 0 Å². The van der Waals surface area contributed by atoms with Crippen molar-refractivity contribution in [3.05, 3.63) is 0 Å². The van der Waals surface area contributed by atoms with Gasteiger partial charge >= 0.3 is 6.03 Å². The summed E-state index contributed by atoms with van der Waals surface area (Å²) in [6.45, 7) is 2.82. The van der Waals surface area contributed by atoms with Gasteiger partial charge in [-0.2, -0.15) is 0 Å². The number of primary amides is 1. The van der Waals surface area contributed by atoms with Crippen molar-refractivity contribution in [1.29, 1.82) is 0 Å². The van der Waals surface area contributed by atoms with Crippen molar-refractivity contribution in [2.24, 2.45) is 11.7 Å². The van der Waals surface area contributed by atoms with Crippen LogP contribution in [0.15, 0.2) is 0 Å². The Balaban J connectivity index is 2.02. The molecule has 0 unspecified atom stereocenters. The summed E-state index contributed by atoms with van der Waals surface area (Å²) in [5.41, 5.74) is 4.96. The SMILES string of the molecule is C[C@@H]1CCCC[C@H]1NC(=O)CCCCCNC(N)=O. The summed E-state index contributed by atoms with van der Waals surface area (Å²) in [6.07, 6.45) is 8.13. The maximum absolute atomic E-state index is 11.8. The number of nitrogens with one attached hydrogen (secondary N) is 2. The second-order valence-corrected chi connectivity index (χ2v) is 5.54. The normalized spacial score (nSPS) is 22.8. The average Bonchev–Trinajstić information content (AvgIpc) is 2.36. The van der Waals surface area contributed by atoms with Crippen LogP contribution in [0.2, 0.25) is 0 Å². The van der Waals surface area contributed by atoms with Crippen molar-refractivity contribution < 1.29 is 9.59 Å². The van der Waals surface area contributed by atoms with Crippen LogP contribution in [0, 0.1) is 5.92 Å². The van der Waals surface area contributed by atoms with E-state index >= 15 is 0 Å². The Morgan fingerprint density at radius 3 is 2.58 bits per heavy atom. The van der Waals surface area contributed by atoms with Gasteiger partial charge in [0.15, 0.2) is 0 Å². The lowest BCUT2D eigenvalue weighted by Gasteiger charge is -2.29. The molecule has 1 rings (SSSR count). The third kappa shape index (κ3) is 7.03. The predicted molar refractivity (Wildman–Crippen MR) is 75.6 cm³/mol. The Morgan fingerprint density at radius 2 is 1.89 bits per heavy atom. The summed E-state index contributed by atoms with van der Waals surface area (Å²) in [5, 5.41) is 5.69. The van der Waals surface area contributed by atoms with Gasteiger partial charge < -0.3 is 16.4 Å². The highest BCUT2D eigenvalue weighted by Crippen LogP contribution is 2.23. The van der Waals surface area contributed by atoms with E-state index in [9.17, 15) is 9.59 Å². The van der Waals surface area contributed by atoms with Gasteiger partial charge in [-0.25, -0.2) is 4.79 Å². The minimum Gasteiger partial charge on any atom is -0.353 e. The molecule has 0 heterocycles.